The van der Waals surface area contributed by atoms with Crippen LogP contribution in [0.4, 0.5) is 18.9 Å². The van der Waals surface area contributed by atoms with E-state index in [1.807, 2.05) is 0 Å². The average Bonchev–Trinajstić information content (AvgIpc) is 2.39. The van der Waals surface area contributed by atoms with Gasteiger partial charge in [-0.05, 0) is 50.0 Å². The first-order chi connectivity index (χ1) is 9.45. The van der Waals surface area contributed by atoms with E-state index >= 15 is 0 Å². The number of halogens is 4. The molecular formula is C14H18ClF3N2O. The molecule has 0 saturated carbocycles. The van der Waals surface area contributed by atoms with Gasteiger partial charge < -0.3 is 10.6 Å². The Morgan fingerprint density at radius 3 is 2.57 bits per heavy atom. The summed E-state index contributed by atoms with van der Waals surface area (Å²) in [6.45, 7) is 1.78. The van der Waals surface area contributed by atoms with Crippen LogP contribution in [0.15, 0.2) is 24.3 Å². The highest BCUT2D eigenvalue weighted by atomic mass is 35.5. The SMILES string of the molecule is Cl.O=C(CC1CCNCC1)Nc1cccc(C(F)(F)F)c1. The number of alkyl halides is 3. The largest absolute Gasteiger partial charge is 0.416 e. The Morgan fingerprint density at radius 2 is 1.95 bits per heavy atom. The maximum absolute atomic E-state index is 12.6. The Morgan fingerprint density at radius 1 is 1.29 bits per heavy atom. The van der Waals surface area contributed by atoms with E-state index in [1.54, 1.807) is 0 Å². The molecule has 2 N–H and O–H groups in total. The first-order valence-electron chi connectivity index (χ1n) is 6.63. The number of hydrogen-bond acceptors (Lipinski definition) is 2. The van der Waals surface area contributed by atoms with E-state index < -0.39 is 11.7 Å². The zero-order valence-electron chi connectivity index (χ0n) is 11.4. The second kappa shape index (κ2) is 7.66. The molecule has 0 aliphatic carbocycles. The summed E-state index contributed by atoms with van der Waals surface area (Å²) in [7, 11) is 0. The van der Waals surface area contributed by atoms with Gasteiger partial charge in [-0.3, -0.25) is 4.79 Å². The summed E-state index contributed by atoms with van der Waals surface area (Å²) in [5.74, 6) is 0.0817. The molecule has 0 atom stereocenters. The molecule has 1 saturated heterocycles. The van der Waals surface area contributed by atoms with Crippen LogP contribution < -0.4 is 10.6 Å². The molecule has 0 spiro atoms. The lowest BCUT2D eigenvalue weighted by atomic mass is 9.94. The lowest BCUT2D eigenvalue weighted by Gasteiger charge is -2.22. The van der Waals surface area contributed by atoms with Crippen LogP contribution in [0.3, 0.4) is 0 Å². The summed E-state index contributed by atoms with van der Waals surface area (Å²) in [6.07, 6.45) is -2.18. The fourth-order valence-electron chi connectivity index (χ4n) is 2.33. The van der Waals surface area contributed by atoms with Gasteiger partial charge in [-0.15, -0.1) is 12.4 Å². The smallest absolute Gasteiger partial charge is 0.326 e. The Kier molecular flexibility index (Phi) is 6.48. The van der Waals surface area contributed by atoms with Crippen molar-refractivity contribution in [3.05, 3.63) is 29.8 Å². The van der Waals surface area contributed by atoms with Crippen molar-refractivity contribution < 1.29 is 18.0 Å². The molecule has 1 heterocycles. The van der Waals surface area contributed by atoms with Crippen molar-refractivity contribution in [1.82, 2.24) is 5.32 Å². The van der Waals surface area contributed by atoms with Crippen LogP contribution in [0, 0.1) is 5.92 Å². The second-order valence-electron chi connectivity index (χ2n) is 5.02. The Hall–Kier alpha value is -1.27. The number of carbonyl (C=O) groups is 1. The Balaban J connectivity index is 0.00000220. The number of nitrogens with one attached hydrogen (secondary N) is 2. The topological polar surface area (TPSA) is 41.1 Å². The van der Waals surface area contributed by atoms with Gasteiger partial charge in [0.2, 0.25) is 5.91 Å². The normalized spacial score (nSPS) is 16.1. The molecule has 1 aliphatic heterocycles. The van der Waals surface area contributed by atoms with E-state index in [0.29, 0.717) is 12.3 Å². The summed E-state index contributed by atoms with van der Waals surface area (Å²) in [5, 5.41) is 5.75. The zero-order chi connectivity index (χ0) is 14.6. The molecule has 0 unspecified atom stereocenters. The van der Waals surface area contributed by atoms with Crippen molar-refractivity contribution in [3.8, 4) is 0 Å². The maximum Gasteiger partial charge on any atom is 0.416 e. The van der Waals surface area contributed by atoms with Crippen LogP contribution in [0.1, 0.15) is 24.8 Å². The van der Waals surface area contributed by atoms with Gasteiger partial charge in [0.15, 0.2) is 0 Å². The third-order valence-electron chi connectivity index (χ3n) is 3.41. The van der Waals surface area contributed by atoms with Gasteiger partial charge in [0.25, 0.3) is 0 Å². The van der Waals surface area contributed by atoms with Crippen molar-refractivity contribution in [2.45, 2.75) is 25.4 Å². The van der Waals surface area contributed by atoms with E-state index in [1.165, 1.54) is 12.1 Å². The third-order valence-corrected chi connectivity index (χ3v) is 3.41. The van der Waals surface area contributed by atoms with Crippen LogP contribution in [0.25, 0.3) is 0 Å². The summed E-state index contributed by atoms with van der Waals surface area (Å²) in [6, 6.07) is 4.71. The van der Waals surface area contributed by atoms with Crippen molar-refractivity contribution in [3.63, 3.8) is 0 Å². The standard InChI is InChI=1S/C14H17F3N2O.ClH/c15-14(16,17)11-2-1-3-12(9-11)19-13(20)8-10-4-6-18-7-5-10;/h1-3,9-10,18H,4-8H2,(H,19,20);1H. The number of carbonyl (C=O) groups excluding carboxylic acids is 1. The minimum Gasteiger partial charge on any atom is -0.326 e. The molecule has 1 aromatic carbocycles. The van der Waals surface area contributed by atoms with Crippen molar-refractivity contribution in [1.29, 1.82) is 0 Å². The van der Waals surface area contributed by atoms with Gasteiger partial charge >= 0.3 is 6.18 Å². The molecule has 21 heavy (non-hydrogen) atoms. The minimum absolute atomic E-state index is 0. The van der Waals surface area contributed by atoms with Crippen LogP contribution >= 0.6 is 12.4 Å². The first-order valence-corrected chi connectivity index (χ1v) is 6.63. The predicted molar refractivity (Wildman–Crippen MR) is 77.5 cm³/mol. The van der Waals surface area contributed by atoms with Crippen LogP contribution in [0.2, 0.25) is 0 Å². The van der Waals surface area contributed by atoms with Gasteiger partial charge in [0.1, 0.15) is 0 Å². The quantitative estimate of drug-likeness (QED) is 0.895. The monoisotopic (exact) mass is 322 g/mol. The minimum atomic E-state index is -4.39. The van der Waals surface area contributed by atoms with E-state index in [-0.39, 0.29) is 24.0 Å². The first kappa shape index (κ1) is 17.8. The molecular weight excluding hydrogens is 305 g/mol. The van der Waals surface area contributed by atoms with Crippen molar-refractivity contribution in [2.75, 3.05) is 18.4 Å². The van der Waals surface area contributed by atoms with Crippen molar-refractivity contribution in [2.24, 2.45) is 5.92 Å². The van der Waals surface area contributed by atoms with E-state index in [0.717, 1.165) is 38.1 Å². The maximum atomic E-state index is 12.6. The van der Waals surface area contributed by atoms with Gasteiger partial charge in [-0.25, -0.2) is 0 Å². The zero-order valence-corrected chi connectivity index (χ0v) is 12.2. The number of benzene rings is 1. The molecule has 7 heteroatoms. The van der Waals surface area contributed by atoms with Gasteiger partial charge in [0, 0.05) is 12.1 Å². The molecule has 118 valence electrons. The highest BCUT2D eigenvalue weighted by Crippen LogP contribution is 2.30. The summed E-state index contributed by atoms with van der Waals surface area (Å²) >= 11 is 0. The van der Waals surface area contributed by atoms with Crippen molar-refractivity contribution >= 4 is 24.0 Å². The lowest BCUT2D eigenvalue weighted by Crippen LogP contribution is -2.30. The molecule has 1 fully saturated rings. The number of amides is 1. The molecule has 2 rings (SSSR count). The average molecular weight is 323 g/mol. The van der Waals surface area contributed by atoms with Crippen LogP contribution in [-0.4, -0.2) is 19.0 Å². The molecule has 1 aromatic rings. The lowest BCUT2D eigenvalue weighted by molar-refractivity contribution is -0.137. The van der Waals surface area contributed by atoms with Gasteiger partial charge in [-0.1, -0.05) is 6.07 Å². The second-order valence-corrected chi connectivity index (χ2v) is 5.02. The van der Waals surface area contributed by atoms with E-state index in [2.05, 4.69) is 10.6 Å². The summed E-state index contributed by atoms with van der Waals surface area (Å²) < 4.78 is 37.7. The molecule has 0 bridgehead atoms. The van der Waals surface area contributed by atoms with Crippen LogP contribution in [-0.2, 0) is 11.0 Å². The summed E-state index contributed by atoms with van der Waals surface area (Å²) in [5.41, 5.74) is -0.559. The third kappa shape index (κ3) is 5.55. The number of piperidine rings is 1. The fraction of sp³-hybridized carbons (Fsp3) is 0.500. The van der Waals surface area contributed by atoms with Crippen LogP contribution in [0.5, 0.6) is 0 Å². The highest BCUT2D eigenvalue weighted by molar-refractivity contribution is 5.90. The molecule has 0 aromatic heterocycles. The highest BCUT2D eigenvalue weighted by Gasteiger charge is 2.30. The summed E-state index contributed by atoms with van der Waals surface area (Å²) in [4.78, 5) is 11.8. The number of hydrogen-bond donors (Lipinski definition) is 2. The predicted octanol–water partition coefficient (Wildman–Crippen LogP) is 3.46. The molecule has 1 aliphatic rings. The Labute approximate surface area is 127 Å². The molecule has 0 radical (unpaired) electrons. The van der Waals surface area contributed by atoms with Gasteiger partial charge in [-0.2, -0.15) is 13.2 Å². The van der Waals surface area contributed by atoms with Gasteiger partial charge in [0.05, 0.1) is 5.56 Å². The number of anilines is 1. The fourth-order valence-corrected chi connectivity index (χ4v) is 2.33. The molecule has 1 amide bonds. The van der Waals surface area contributed by atoms with E-state index in [9.17, 15) is 18.0 Å². The molecule has 3 nitrogen and oxygen atoms in total. The Bertz CT molecular complexity index is 474. The van der Waals surface area contributed by atoms with E-state index in [4.69, 9.17) is 0 Å². The number of rotatable bonds is 3.